The SMILES string of the molecule is COc1ccc(C=C2SC(=O)N(CCNC(=O)C3=COCCO3)C2=O)cc1. The van der Waals surface area contributed by atoms with Crippen LogP contribution in [0.25, 0.3) is 6.08 Å². The molecular weight excluding hydrogens is 372 g/mol. The molecule has 2 aliphatic heterocycles. The fraction of sp³-hybridized carbons (Fsp3) is 0.278. The first kappa shape index (κ1) is 18.8. The highest BCUT2D eigenvalue weighted by Gasteiger charge is 2.34. The van der Waals surface area contributed by atoms with Crippen LogP contribution < -0.4 is 10.1 Å². The van der Waals surface area contributed by atoms with E-state index in [2.05, 4.69) is 5.32 Å². The number of rotatable bonds is 6. The van der Waals surface area contributed by atoms with Gasteiger partial charge in [-0.15, -0.1) is 0 Å². The average Bonchev–Trinajstić information content (AvgIpc) is 2.96. The number of thioether (sulfide) groups is 1. The van der Waals surface area contributed by atoms with Crippen molar-refractivity contribution in [2.24, 2.45) is 0 Å². The highest BCUT2D eigenvalue weighted by atomic mass is 32.2. The van der Waals surface area contributed by atoms with Crippen LogP contribution in [0.5, 0.6) is 5.75 Å². The highest BCUT2D eigenvalue weighted by Crippen LogP contribution is 2.32. The number of hydrogen-bond acceptors (Lipinski definition) is 7. The number of amides is 3. The van der Waals surface area contributed by atoms with Crippen LogP contribution in [0.2, 0.25) is 0 Å². The van der Waals surface area contributed by atoms with E-state index in [0.717, 1.165) is 22.2 Å². The van der Waals surface area contributed by atoms with Gasteiger partial charge in [-0.1, -0.05) is 12.1 Å². The minimum absolute atomic E-state index is 0.0739. The van der Waals surface area contributed by atoms with Crippen molar-refractivity contribution in [2.75, 3.05) is 33.4 Å². The van der Waals surface area contributed by atoms with Gasteiger partial charge < -0.3 is 19.5 Å². The molecule has 0 spiro atoms. The second-order valence-corrected chi connectivity index (χ2v) is 6.56. The molecule has 0 aromatic heterocycles. The maximum absolute atomic E-state index is 12.4. The number of nitrogens with one attached hydrogen (secondary N) is 1. The van der Waals surface area contributed by atoms with Crippen molar-refractivity contribution < 1.29 is 28.6 Å². The van der Waals surface area contributed by atoms with Gasteiger partial charge in [0.15, 0.2) is 0 Å². The summed E-state index contributed by atoms with van der Waals surface area (Å²) in [6.45, 7) is 0.893. The Bertz CT molecular complexity index is 803. The Morgan fingerprint density at radius 1 is 1.30 bits per heavy atom. The summed E-state index contributed by atoms with van der Waals surface area (Å²) >= 11 is 0.872. The molecular formula is C18H18N2O6S. The zero-order valence-corrected chi connectivity index (χ0v) is 15.4. The first-order valence-electron chi connectivity index (χ1n) is 8.20. The summed E-state index contributed by atoms with van der Waals surface area (Å²) in [5.41, 5.74) is 0.788. The summed E-state index contributed by atoms with van der Waals surface area (Å²) in [4.78, 5) is 37.9. The van der Waals surface area contributed by atoms with Gasteiger partial charge in [-0.3, -0.25) is 19.3 Å². The van der Waals surface area contributed by atoms with Crippen LogP contribution in [0.3, 0.4) is 0 Å². The fourth-order valence-corrected chi connectivity index (χ4v) is 3.27. The molecule has 8 nitrogen and oxygen atoms in total. The Morgan fingerprint density at radius 3 is 2.74 bits per heavy atom. The third-order valence-corrected chi connectivity index (χ3v) is 4.69. The fourth-order valence-electron chi connectivity index (χ4n) is 2.40. The molecule has 1 saturated heterocycles. The molecule has 3 rings (SSSR count). The number of methoxy groups -OCH3 is 1. The number of hydrogen-bond donors (Lipinski definition) is 1. The van der Waals surface area contributed by atoms with Crippen molar-refractivity contribution in [2.45, 2.75) is 0 Å². The number of carbonyl (C=O) groups is 3. The molecule has 0 saturated carbocycles. The summed E-state index contributed by atoms with van der Waals surface area (Å²) in [7, 11) is 1.57. The predicted molar refractivity (Wildman–Crippen MR) is 98.7 cm³/mol. The minimum Gasteiger partial charge on any atom is -0.497 e. The molecule has 0 atom stereocenters. The first-order valence-corrected chi connectivity index (χ1v) is 9.02. The largest absolute Gasteiger partial charge is 0.497 e. The summed E-state index contributed by atoms with van der Waals surface area (Å²) in [6.07, 6.45) is 2.90. The van der Waals surface area contributed by atoms with Crippen molar-refractivity contribution >= 4 is 34.9 Å². The zero-order chi connectivity index (χ0) is 19.2. The van der Waals surface area contributed by atoms with Crippen molar-refractivity contribution in [1.82, 2.24) is 10.2 Å². The van der Waals surface area contributed by atoms with Gasteiger partial charge in [0.05, 0.1) is 12.0 Å². The Morgan fingerprint density at radius 2 is 2.07 bits per heavy atom. The van der Waals surface area contributed by atoms with Crippen LogP contribution in [0.1, 0.15) is 5.56 Å². The zero-order valence-electron chi connectivity index (χ0n) is 14.6. The van der Waals surface area contributed by atoms with Crippen LogP contribution in [-0.4, -0.2) is 55.4 Å². The van der Waals surface area contributed by atoms with Gasteiger partial charge in [-0.05, 0) is 35.5 Å². The van der Waals surface area contributed by atoms with Gasteiger partial charge in [0.25, 0.3) is 17.1 Å². The molecule has 9 heteroatoms. The number of carbonyl (C=O) groups excluding carboxylic acids is 3. The van der Waals surface area contributed by atoms with E-state index in [-0.39, 0.29) is 30.0 Å². The molecule has 2 heterocycles. The van der Waals surface area contributed by atoms with Gasteiger partial charge >= 0.3 is 0 Å². The van der Waals surface area contributed by atoms with E-state index < -0.39 is 5.91 Å². The van der Waals surface area contributed by atoms with E-state index in [1.165, 1.54) is 6.26 Å². The van der Waals surface area contributed by atoms with E-state index in [0.29, 0.717) is 23.9 Å². The maximum atomic E-state index is 12.4. The third kappa shape index (κ3) is 4.62. The van der Waals surface area contributed by atoms with Gasteiger partial charge in [0, 0.05) is 13.1 Å². The van der Waals surface area contributed by atoms with Gasteiger partial charge in [-0.2, -0.15) is 0 Å². The average molecular weight is 390 g/mol. The van der Waals surface area contributed by atoms with E-state index >= 15 is 0 Å². The predicted octanol–water partition coefficient (Wildman–Crippen LogP) is 1.74. The van der Waals surface area contributed by atoms with Gasteiger partial charge in [0.1, 0.15) is 25.2 Å². The topological polar surface area (TPSA) is 94.2 Å². The van der Waals surface area contributed by atoms with Crippen LogP contribution >= 0.6 is 11.8 Å². The summed E-state index contributed by atoms with van der Waals surface area (Å²) < 4.78 is 15.3. The van der Waals surface area contributed by atoms with E-state index in [1.807, 2.05) is 0 Å². The summed E-state index contributed by atoms with van der Waals surface area (Å²) in [5, 5.41) is 2.23. The Hall–Kier alpha value is -2.94. The van der Waals surface area contributed by atoms with Crippen molar-refractivity contribution in [1.29, 1.82) is 0 Å². The second kappa shape index (κ2) is 8.63. The molecule has 0 aliphatic carbocycles. The van der Waals surface area contributed by atoms with E-state index in [1.54, 1.807) is 37.5 Å². The highest BCUT2D eigenvalue weighted by molar-refractivity contribution is 8.18. The molecule has 0 radical (unpaired) electrons. The molecule has 0 bridgehead atoms. The maximum Gasteiger partial charge on any atom is 0.293 e. The molecule has 1 aromatic carbocycles. The standard InChI is InChI=1S/C18H18N2O6S/c1-24-13-4-2-12(3-5-13)10-15-17(22)20(18(23)27-15)7-6-19-16(21)14-11-25-8-9-26-14/h2-5,10-11H,6-9H2,1H3,(H,19,21). The molecule has 3 amide bonds. The Labute approximate surface area is 160 Å². The molecule has 0 unspecified atom stereocenters. The summed E-state index contributed by atoms with van der Waals surface area (Å²) in [5.74, 6) is -0.0461. The van der Waals surface area contributed by atoms with Gasteiger partial charge in [-0.25, -0.2) is 0 Å². The molecule has 2 aliphatic rings. The van der Waals surface area contributed by atoms with Crippen LogP contribution in [-0.2, 0) is 19.1 Å². The quantitative estimate of drug-likeness (QED) is 0.740. The lowest BCUT2D eigenvalue weighted by atomic mass is 10.2. The molecule has 142 valence electrons. The normalized spacial score (nSPS) is 18.0. The van der Waals surface area contributed by atoms with Crippen molar-refractivity contribution in [3.63, 3.8) is 0 Å². The Balaban J connectivity index is 1.56. The molecule has 27 heavy (non-hydrogen) atoms. The number of nitrogens with zero attached hydrogens (tertiary/aromatic N) is 1. The van der Waals surface area contributed by atoms with Crippen LogP contribution in [0, 0.1) is 0 Å². The van der Waals surface area contributed by atoms with Crippen molar-refractivity contribution in [3.8, 4) is 5.75 Å². The lowest BCUT2D eigenvalue weighted by Gasteiger charge is -2.16. The number of ether oxygens (including phenoxy) is 3. The number of benzene rings is 1. The second-order valence-electron chi connectivity index (χ2n) is 5.56. The van der Waals surface area contributed by atoms with Crippen molar-refractivity contribution in [3.05, 3.63) is 46.8 Å². The number of imide groups is 1. The smallest absolute Gasteiger partial charge is 0.293 e. The van der Waals surface area contributed by atoms with Gasteiger partial charge in [0.2, 0.25) is 5.76 Å². The first-order chi connectivity index (χ1) is 13.1. The third-order valence-electron chi connectivity index (χ3n) is 3.78. The van der Waals surface area contributed by atoms with E-state index in [9.17, 15) is 14.4 Å². The molecule has 1 fully saturated rings. The summed E-state index contributed by atoms with van der Waals surface area (Å²) in [6, 6.07) is 7.15. The lowest BCUT2D eigenvalue weighted by Crippen LogP contribution is -2.38. The Kier molecular flexibility index (Phi) is 6.02. The van der Waals surface area contributed by atoms with Crippen LogP contribution in [0.4, 0.5) is 4.79 Å². The lowest BCUT2D eigenvalue weighted by molar-refractivity contribution is -0.124. The minimum atomic E-state index is -0.449. The monoisotopic (exact) mass is 390 g/mol. The van der Waals surface area contributed by atoms with E-state index in [4.69, 9.17) is 14.2 Å². The van der Waals surface area contributed by atoms with Crippen LogP contribution in [0.15, 0.2) is 41.2 Å². The molecule has 1 aromatic rings. The molecule has 1 N–H and O–H groups in total.